The minimum absolute atomic E-state index is 0.150. The number of rotatable bonds is 1. The highest BCUT2D eigenvalue weighted by Gasteiger charge is 2.24. The van der Waals surface area contributed by atoms with E-state index in [0.29, 0.717) is 0 Å². The van der Waals surface area contributed by atoms with E-state index in [1.54, 1.807) is 6.07 Å². The lowest BCUT2D eigenvalue weighted by molar-refractivity contribution is 0.0596. The predicted octanol–water partition coefficient (Wildman–Crippen LogP) is 0.461. The number of ether oxygens (including phenoxy) is 1. The molecule has 0 heterocycles. The highest BCUT2D eigenvalue weighted by Crippen LogP contribution is 2.30. The average Bonchev–Trinajstić information content (AvgIpc) is 2.66. The molecular weight excluding hydrogens is 191 g/mol. The minimum Gasteiger partial charge on any atom is -0.508 e. The van der Waals surface area contributed by atoms with Gasteiger partial charge >= 0.3 is 5.97 Å². The van der Waals surface area contributed by atoms with Gasteiger partial charge in [0, 0.05) is 0 Å². The van der Waals surface area contributed by atoms with Crippen LogP contribution in [0.3, 0.4) is 0 Å². The fourth-order valence-electron chi connectivity index (χ4n) is 2.08. The van der Waals surface area contributed by atoms with Crippen molar-refractivity contribution in [2.45, 2.75) is 19.3 Å². The van der Waals surface area contributed by atoms with Crippen LogP contribution in [0.2, 0.25) is 0 Å². The molecule has 2 rings (SSSR count). The van der Waals surface area contributed by atoms with Crippen molar-refractivity contribution < 1.29 is 14.6 Å². The van der Waals surface area contributed by atoms with Gasteiger partial charge in [-0.05, 0) is 30.4 Å². The summed E-state index contributed by atoms with van der Waals surface area (Å²) in [5.74, 6) is -0.666. The van der Waals surface area contributed by atoms with Crippen LogP contribution in [-0.4, -0.2) is 26.0 Å². The molecule has 1 N–H and O–H groups in total. The van der Waals surface area contributed by atoms with E-state index >= 15 is 0 Å². The topological polar surface area (TPSA) is 46.5 Å². The zero-order chi connectivity index (χ0) is 11.0. The van der Waals surface area contributed by atoms with Gasteiger partial charge in [-0.15, -0.1) is 0 Å². The number of fused-ring (bicyclic) bond motifs is 1. The van der Waals surface area contributed by atoms with Crippen LogP contribution in [0.5, 0.6) is 5.75 Å². The maximum atomic E-state index is 11.5. The zero-order valence-electron chi connectivity index (χ0n) is 8.54. The molecule has 1 aromatic rings. The second-order valence-electron chi connectivity index (χ2n) is 3.67. The quantitative estimate of drug-likeness (QED) is 0.531. The third-order valence-corrected chi connectivity index (χ3v) is 2.79. The SMILES string of the molecule is [B]c1cc2c(c(C(=O)OC)c1O)CCC2. The molecule has 4 heteroatoms. The summed E-state index contributed by atoms with van der Waals surface area (Å²) in [6.45, 7) is 0. The first-order valence-electron chi connectivity index (χ1n) is 4.86. The van der Waals surface area contributed by atoms with Crippen LogP contribution in [0.25, 0.3) is 0 Å². The summed E-state index contributed by atoms with van der Waals surface area (Å²) < 4.78 is 4.64. The number of hydrogen-bond donors (Lipinski definition) is 1. The predicted molar refractivity (Wildman–Crippen MR) is 56.9 cm³/mol. The first kappa shape index (κ1) is 10.1. The maximum Gasteiger partial charge on any atom is 0.341 e. The van der Waals surface area contributed by atoms with Gasteiger partial charge in [-0.1, -0.05) is 11.5 Å². The molecule has 3 nitrogen and oxygen atoms in total. The van der Waals surface area contributed by atoms with E-state index in [1.165, 1.54) is 7.11 Å². The van der Waals surface area contributed by atoms with Crippen molar-refractivity contribution in [3.63, 3.8) is 0 Å². The van der Waals surface area contributed by atoms with Crippen LogP contribution < -0.4 is 5.46 Å². The van der Waals surface area contributed by atoms with Crippen LogP contribution in [0, 0.1) is 0 Å². The van der Waals surface area contributed by atoms with Gasteiger partial charge in [0.1, 0.15) is 19.2 Å². The highest BCUT2D eigenvalue weighted by molar-refractivity contribution is 6.35. The van der Waals surface area contributed by atoms with Crippen molar-refractivity contribution in [1.82, 2.24) is 0 Å². The summed E-state index contributed by atoms with van der Waals surface area (Å²) >= 11 is 0. The van der Waals surface area contributed by atoms with Crippen LogP contribution in [-0.2, 0) is 17.6 Å². The Bertz CT molecular complexity index is 426. The van der Waals surface area contributed by atoms with Gasteiger partial charge in [0.05, 0.1) is 7.11 Å². The van der Waals surface area contributed by atoms with Gasteiger partial charge in [-0.25, -0.2) is 4.79 Å². The Morgan fingerprint density at radius 1 is 1.53 bits per heavy atom. The minimum atomic E-state index is -0.516. The van der Waals surface area contributed by atoms with Gasteiger partial charge < -0.3 is 9.84 Å². The molecule has 1 aliphatic carbocycles. The molecule has 0 spiro atoms. The van der Waals surface area contributed by atoms with Crippen LogP contribution in [0.15, 0.2) is 6.07 Å². The third-order valence-electron chi connectivity index (χ3n) is 2.79. The standard InChI is InChI=1S/C11H11BO3/c1-15-11(14)9-7-4-2-3-6(7)5-8(12)10(9)13/h5,13H,2-4H2,1H3. The lowest BCUT2D eigenvalue weighted by Gasteiger charge is -2.11. The molecule has 0 saturated carbocycles. The molecule has 0 aromatic heterocycles. The molecule has 1 aliphatic rings. The van der Waals surface area contributed by atoms with Gasteiger partial charge in [-0.2, -0.15) is 0 Å². The number of phenols is 1. The largest absolute Gasteiger partial charge is 0.508 e. The number of hydrogen-bond acceptors (Lipinski definition) is 3. The van der Waals surface area contributed by atoms with Crippen LogP contribution >= 0.6 is 0 Å². The Morgan fingerprint density at radius 3 is 2.93 bits per heavy atom. The van der Waals surface area contributed by atoms with Crippen molar-refractivity contribution in [2.24, 2.45) is 0 Å². The van der Waals surface area contributed by atoms with E-state index in [-0.39, 0.29) is 16.8 Å². The Hall–Kier alpha value is -1.45. The lowest BCUT2D eigenvalue weighted by Crippen LogP contribution is -2.14. The van der Waals surface area contributed by atoms with Crippen molar-refractivity contribution in [3.8, 4) is 5.75 Å². The first-order chi connectivity index (χ1) is 7.15. The molecule has 76 valence electrons. The number of aryl methyl sites for hydroxylation is 1. The second-order valence-corrected chi connectivity index (χ2v) is 3.67. The molecule has 15 heavy (non-hydrogen) atoms. The normalized spacial score (nSPS) is 13.7. The van der Waals surface area contributed by atoms with Crippen molar-refractivity contribution >= 4 is 19.3 Å². The number of carbonyl (C=O) groups is 1. The second kappa shape index (κ2) is 3.61. The van der Waals surface area contributed by atoms with Crippen molar-refractivity contribution in [1.29, 1.82) is 0 Å². The molecular formula is C11H11BO3. The molecule has 0 unspecified atom stereocenters. The third kappa shape index (κ3) is 1.50. The fourth-order valence-corrected chi connectivity index (χ4v) is 2.08. The molecule has 0 fully saturated rings. The monoisotopic (exact) mass is 202 g/mol. The van der Waals surface area contributed by atoms with Gasteiger partial charge in [-0.3, -0.25) is 0 Å². The van der Waals surface area contributed by atoms with Crippen molar-refractivity contribution in [3.05, 3.63) is 22.8 Å². The Kier molecular flexibility index (Phi) is 2.43. The number of phenolic OH excluding ortho intramolecular Hbond substituents is 1. The summed E-state index contributed by atoms with van der Waals surface area (Å²) in [5.41, 5.74) is 2.42. The molecule has 0 aliphatic heterocycles. The van der Waals surface area contributed by atoms with E-state index in [9.17, 15) is 9.90 Å². The average molecular weight is 202 g/mol. The zero-order valence-corrected chi connectivity index (χ0v) is 8.54. The van der Waals surface area contributed by atoms with Gasteiger partial charge in [0.15, 0.2) is 0 Å². The molecule has 2 radical (unpaired) electrons. The summed E-state index contributed by atoms with van der Waals surface area (Å²) in [4.78, 5) is 11.5. The van der Waals surface area contributed by atoms with Crippen molar-refractivity contribution in [2.75, 3.05) is 7.11 Å². The highest BCUT2D eigenvalue weighted by atomic mass is 16.5. The summed E-state index contributed by atoms with van der Waals surface area (Å²) in [6, 6.07) is 1.74. The molecule has 0 amide bonds. The van der Waals surface area contributed by atoms with Crippen LogP contribution in [0.4, 0.5) is 0 Å². The Labute approximate surface area is 89.5 Å². The van der Waals surface area contributed by atoms with Gasteiger partial charge in [0.25, 0.3) is 0 Å². The fraction of sp³-hybridized carbons (Fsp3) is 0.364. The molecule has 1 aromatic carbocycles. The smallest absolute Gasteiger partial charge is 0.341 e. The number of benzene rings is 1. The summed E-state index contributed by atoms with van der Waals surface area (Å²) in [5, 5.41) is 9.74. The van der Waals surface area contributed by atoms with E-state index in [4.69, 9.17) is 7.85 Å². The molecule has 0 atom stereocenters. The maximum absolute atomic E-state index is 11.5. The molecule has 0 bridgehead atoms. The summed E-state index contributed by atoms with van der Waals surface area (Å²) in [6.07, 6.45) is 2.69. The first-order valence-corrected chi connectivity index (χ1v) is 4.86. The number of carbonyl (C=O) groups excluding carboxylic acids is 1. The van der Waals surface area contributed by atoms with Gasteiger partial charge in [0.2, 0.25) is 0 Å². The van der Waals surface area contributed by atoms with E-state index in [1.807, 2.05) is 0 Å². The molecule has 0 saturated heterocycles. The number of methoxy groups -OCH3 is 1. The lowest BCUT2D eigenvalue weighted by atomic mass is 9.88. The van der Waals surface area contributed by atoms with E-state index < -0.39 is 5.97 Å². The number of esters is 1. The number of aromatic hydroxyl groups is 1. The Morgan fingerprint density at radius 2 is 2.27 bits per heavy atom. The van der Waals surface area contributed by atoms with E-state index in [0.717, 1.165) is 30.4 Å². The summed E-state index contributed by atoms with van der Waals surface area (Å²) in [7, 11) is 6.93. The van der Waals surface area contributed by atoms with E-state index in [2.05, 4.69) is 4.74 Å². The van der Waals surface area contributed by atoms with Crippen LogP contribution in [0.1, 0.15) is 27.9 Å². The Balaban J connectivity index is 2.65.